The van der Waals surface area contributed by atoms with Crippen LogP contribution in [0.3, 0.4) is 0 Å². The van der Waals surface area contributed by atoms with Crippen molar-refractivity contribution in [3.05, 3.63) is 110 Å². The Morgan fingerprint density at radius 1 is 1.07 bits per heavy atom. The molecule has 1 fully saturated rings. The summed E-state index contributed by atoms with van der Waals surface area (Å²) in [5.41, 5.74) is 7.27. The fourth-order valence-electron chi connectivity index (χ4n) is 6.27. The van der Waals surface area contributed by atoms with Gasteiger partial charge in [-0.2, -0.15) is 0 Å². The molecule has 3 aliphatic heterocycles. The minimum absolute atomic E-state index is 0.0412. The highest BCUT2D eigenvalue weighted by Gasteiger charge is 2.55. The molecule has 0 spiro atoms. The number of allylic oxidation sites excluding steroid dienone is 1. The van der Waals surface area contributed by atoms with Gasteiger partial charge in [-0.05, 0) is 58.9 Å². The first-order valence-electron chi connectivity index (χ1n) is 13.1. The van der Waals surface area contributed by atoms with Crippen molar-refractivity contribution in [2.75, 3.05) is 6.61 Å². The monoisotopic (exact) mass is 568 g/mol. The van der Waals surface area contributed by atoms with Crippen molar-refractivity contribution in [1.29, 1.82) is 0 Å². The van der Waals surface area contributed by atoms with E-state index < -0.39 is 0 Å². The zero-order valence-electron chi connectivity index (χ0n) is 21.2. The zero-order valence-corrected chi connectivity index (χ0v) is 22.7. The largest absolute Gasteiger partial charge is 0.489 e. The first kappa shape index (κ1) is 23.8. The normalized spacial score (nSPS) is 22.2. The third-order valence-electron chi connectivity index (χ3n) is 8.19. The predicted molar refractivity (Wildman–Crippen MR) is 153 cm³/mol. The highest BCUT2D eigenvalue weighted by atomic mass is 35.5. The average Bonchev–Trinajstić information content (AvgIpc) is 3.23. The van der Waals surface area contributed by atoms with Crippen molar-refractivity contribution in [3.8, 4) is 22.7 Å². The second kappa shape index (κ2) is 8.74. The maximum Gasteiger partial charge on any atom is 0.254 e. The van der Waals surface area contributed by atoms with Crippen molar-refractivity contribution in [2.24, 2.45) is 10.9 Å². The standard InChI is InChI=1S/C30H22Cl2N6O2/c1-15-6-17-3-2-16(8-26(17)40-14-15)23-7-18(12-33-23)29-20-10-21(20)30-34-24(11-28(39)38(29)30)22-9-19(31)4-5-25(22)37-13-27(32)35-36-37/h2-5,8-9,11-13,20-21,29H,1,6-7,10,14H2. The maximum atomic E-state index is 13.7. The minimum atomic E-state index is -0.0866. The second-order valence-electron chi connectivity index (χ2n) is 10.8. The molecule has 2 aromatic heterocycles. The van der Waals surface area contributed by atoms with Crippen molar-refractivity contribution in [1.82, 2.24) is 24.5 Å². The Morgan fingerprint density at radius 3 is 2.83 bits per heavy atom. The van der Waals surface area contributed by atoms with Gasteiger partial charge in [0.25, 0.3) is 5.56 Å². The molecule has 4 aliphatic rings. The highest BCUT2D eigenvalue weighted by Crippen LogP contribution is 2.61. The Balaban J connectivity index is 1.11. The molecular formula is C30H22Cl2N6O2. The van der Waals surface area contributed by atoms with Gasteiger partial charge in [0, 0.05) is 41.6 Å². The molecule has 1 aliphatic carbocycles. The number of hydrogen-bond acceptors (Lipinski definition) is 6. The molecule has 4 aromatic rings. The smallest absolute Gasteiger partial charge is 0.254 e. The fourth-order valence-corrected chi connectivity index (χ4v) is 6.57. The van der Waals surface area contributed by atoms with Gasteiger partial charge in [-0.25, -0.2) is 9.67 Å². The molecule has 2 aromatic carbocycles. The lowest BCUT2D eigenvalue weighted by Crippen LogP contribution is -2.27. The number of rotatable bonds is 4. The van der Waals surface area contributed by atoms with Crippen LogP contribution in [-0.4, -0.2) is 36.9 Å². The minimum Gasteiger partial charge on any atom is -0.489 e. The molecule has 0 saturated heterocycles. The van der Waals surface area contributed by atoms with Gasteiger partial charge < -0.3 is 4.74 Å². The van der Waals surface area contributed by atoms with Crippen molar-refractivity contribution < 1.29 is 4.74 Å². The first-order valence-corrected chi connectivity index (χ1v) is 13.9. The molecule has 10 heteroatoms. The number of benzene rings is 2. The van der Waals surface area contributed by atoms with Crippen LogP contribution >= 0.6 is 23.2 Å². The van der Waals surface area contributed by atoms with E-state index in [0.717, 1.165) is 52.4 Å². The topological polar surface area (TPSA) is 87.2 Å². The van der Waals surface area contributed by atoms with Gasteiger partial charge in [0.2, 0.25) is 0 Å². The molecule has 3 atom stereocenters. The van der Waals surface area contributed by atoms with Crippen LogP contribution in [0.25, 0.3) is 16.9 Å². The van der Waals surface area contributed by atoms with Gasteiger partial charge >= 0.3 is 0 Å². The quantitative estimate of drug-likeness (QED) is 0.294. The van der Waals surface area contributed by atoms with Gasteiger partial charge in [0.15, 0.2) is 5.15 Å². The Kier molecular flexibility index (Phi) is 5.21. The van der Waals surface area contributed by atoms with Crippen LogP contribution in [0, 0.1) is 5.92 Å². The molecular weight excluding hydrogens is 547 g/mol. The molecule has 0 amide bonds. The highest BCUT2D eigenvalue weighted by molar-refractivity contribution is 6.31. The Bertz CT molecular complexity index is 1890. The number of halogens is 2. The van der Waals surface area contributed by atoms with E-state index in [1.165, 1.54) is 0 Å². The number of hydrogen-bond donors (Lipinski definition) is 0. The average molecular weight is 569 g/mol. The maximum absolute atomic E-state index is 13.7. The van der Waals surface area contributed by atoms with Gasteiger partial charge in [-0.15, -0.1) is 5.10 Å². The lowest BCUT2D eigenvalue weighted by molar-refractivity contribution is 0.332. The van der Waals surface area contributed by atoms with E-state index in [1.807, 2.05) is 16.8 Å². The summed E-state index contributed by atoms with van der Waals surface area (Å²) < 4.78 is 9.32. The number of fused-ring (bicyclic) bond motifs is 4. The number of aromatic nitrogens is 5. The van der Waals surface area contributed by atoms with Gasteiger partial charge in [-0.3, -0.25) is 14.4 Å². The number of aliphatic imine (C=N–C) groups is 1. The van der Waals surface area contributed by atoms with Gasteiger partial charge in [0.1, 0.15) is 18.2 Å². The third kappa shape index (κ3) is 3.78. The fraction of sp³-hybridized carbons (Fsp3) is 0.233. The van der Waals surface area contributed by atoms with Crippen LogP contribution in [0.1, 0.15) is 41.8 Å². The number of nitrogens with zero attached hydrogens (tertiary/aromatic N) is 6. The second-order valence-corrected chi connectivity index (χ2v) is 11.6. The predicted octanol–water partition coefficient (Wildman–Crippen LogP) is 5.72. The van der Waals surface area contributed by atoms with E-state index in [9.17, 15) is 4.79 Å². The molecule has 0 radical (unpaired) electrons. The van der Waals surface area contributed by atoms with Crippen LogP contribution in [0.5, 0.6) is 5.75 Å². The molecule has 1 saturated carbocycles. The Labute approximate surface area is 239 Å². The molecule has 0 bridgehead atoms. The van der Waals surface area contributed by atoms with Crippen LogP contribution < -0.4 is 10.3 Å². The lowest BCUT2D eigenvalue weighted by Gasteiger charge is -2.21. The molecule has 40 heavy (non-hydrogen) atoms. The van der Waals surface area contributed by atoms with Crippen LogP contribution in [0.4, 0.5) is 0 Å². The first-order chi connectivity index (χ1) is 19.4. The Morgan fingerprint density at radius 2 is 1.98 bits per heavy atom. The summed E-state index contributed by atoms with van der Waals surface area (Å²) >= 11 is 12.4. The van der Waals surface area contributed by atoms with Crippen LogP contribution in [-0.2, 0) is 6.42 Å². The molecule has 5 heterocycles. The van der Waals surface area contributed by atoms with Crippen molar-refractivity contribution in [3.63, 3.8) is 0 Å². The molecule has 0 N–H and O–H groups in total. The summed E-state index contributed by atoms with van der Waals surface area (Å²) in [5, 5.41) is 8.78. The summed E-state index contributed by atoms with van der Waals surface area (Å²) in [5.74, 6) is 2.31. The summed E-state index contributed by atoms with van der Waals surface area (Å²) in [6, 6.07) is 13.2. The van der Waals surface area contributed by atoms with E-state index in [2.05, 4.69) is 35.1 Å². The van der Waals surface area contributed by atoms with E-state index in [-0.39, 0.29) is 22.7 Å². The summed E-state index contributed by atoms with van der Waals surface area (Å²) in [6.07, 6.45) is 6.09. The van der Waals surface area contributed by atoms with Crippen LogP contribution in [0.15, 0.2) is 82.4 Å². The SMILES string of the molecule is C=C1COc2cc(C3=NC=C(C4C5CC5c5nc(-c6cc(Cl)ccc6-n6cc(Cl)nn6)cc(=O)n54)C3)ccc2C1. The summed E-state index contributed by atoms with van der Waals surface area (Å²) in [4.78, 5) is 23.5. The van der Waals surface area contributed by atoms with Gasteiger partial charge in [0.05, 0.1) is 29.3 Å². The van der Waals surface area contributed by atoms with Crippen molar-refractivity contribution >= 4 is 28.9 Å². The summed E-state index contributed by atoms with van der Waals surface area (Å²) in [6.45, 7) is 4.59. The van der Waals surface area contributed by atoms with E-state index >= 15 is 0 Å². The van der Waals surface area contributed by atoms with E-state index in [4.69, 9.17) is 37.9 Å². The van der Waals surface area contributed by atoms with E-state index in [0.29, 0.717) is 40.9 Å². The lowest BCUT2D eigenvalue weighted by atomic mass is 9.95. The van der Waals surface area contributed by atoms with E-state index in [1.54, 1.807) is 29.1 Å². The van der Waals surface area contributed by atoms with Crippen molar-refractivity contribution in [2.45, 2.75) is 31.2 Å². The molecule has 3 unspecified atom stereocenters. The molecule has 198 valence electrons. The number of ether oxygens (including phenoxy) is 1. The third-order valence-corrected chi connectivity index (χ3v) is 8.60. The van der Waals surface area contributed by atoms with Crippen LogP contribution in [0.2, 0.25) is 10.2 Å². The molecule has 8 rings (SSSR count). The molecule has 8 nitrogen and oxygen atoms in total. The summed E-state index contributed by atoms with van der Waals surface area (Å²) in [7, 11) is 0. The zero-order chi connectivity index (χ0) is 27.1. The van der Waals surface area contributed by atoms with Gasteiger partial charge in [-0.1, -0.05) is 47.1 Å². The Hall–Kier alpha value is -4.01.